The molecule has 2 unspecified atom stereocenters. The molecule has 0 bridgehead atoms. The number of piperidine rings is 1. The quantitative estimate of drug-likeness (QED) is 0.917. The SMILES string of the molecule is CCNCC1CCCN(C)C1c1ccc2ccccc2c1. The van der Waals surface area contributed by atoms with Gasteiger partial charge >= 0.3 is 0 Å². The first-order valence-electron chi connectivity index (χ1n) is 8.19. The van der Waals surface area contributed by atoms with E-state index in [9.17, 15) is 0 Å². The van der Waals surface area contributed by atoms with E-state index in [4.69, 9.17) is 0 Å². The highest BCUT2D eigenvalue weighted by Crippen LogP contribution is 2.35. The Morgan fingerprint density at radius 2 is 1.95 bits per heavy atom. The van der Waals surface area contributed by atoms with E-state index >= 15 is 0 Å². The summed E-state index contributed by atoms with van der Waals surface area (Å²) in [7, 11) is 2.28. The molecule has 1 N–H and O–H groups in total. The van der Waals surface area contributed by atoms with Gasteiger partial charge in [-0.15, -0.1) is 0 Å². The lowest BCUT2D eigenvalue weighted by atomic mass is 9.84. The molecule has 2 aromatic rings. The summed E-state index contributed by atoms with van der Waals surface area (Å²) < 4.78 is 0. The lowest BCUT2D eigenvalue weighted by molar-refractivity contribution is 0.120. The molecule has 112 valence electrons. The van der Waals surface area contributed by atoms with Gasteiger partial charge in [-0.05, 0) is 67.8 Å². The van der Waals surface area contributed by atoms with Gasteiger partial charge in [-0.2, -0.15) is 0 Å². The van der Waals surface area contributed by atoms with E-state index in [1.165, 1.54) is 35.7 Å². The second-order valence-electron chi connectivity index (χ2n) is 6.24. The van der Waals surface area contributed by atoms with E-state index in [-0.39, 0.29) is 0 Å². The monoisotopic (exact) mass is 282 g/mol. The average molecular weight is 282 g/mol. The zero-order chi connectivity index (χ0) is 14.7. The van der Waals surface area contributed by atoms with Gasteiger partial charge in [0.25, 0.3) is 0 Å². The largest absolute Gasteiger partial charge is 0.317 e. The van der Waals surface area contributed by atoms with Gasteiger partial charge in [0, 0.05) is 6.04 Å². The summed E-state index contributed by atoms with van der Waals surface area (Å²) in [5, 5.41) is 6.24. The van der Waals surface area contributed by atoms with Crippen molar-refractivity contribution in [3.05, 3.63) is 48.0 Å². The molecular formula is C19H26N2. The third-order valence-corrected chi connectivity index (χ3v) is 4.78. The van der Waals surface area contributed by atoms with E-state index in [0.717, 1.165) is 13.1 Å². The Morgan fingerprint density at radius 1 is 1.14 bits per heavy atom. The van der Waals surface area contributed by atoms with Gasteiger partial charge in [-0.1, -0.05) is 43.3 Å². The standard InChI is InChI=1S/C19H26N2/c1-3-20-14-18-9-6-12-21(2)19(18)17-11-10-15-7-4-5-8-16(15)13-17/h4-5,7-8,10-11,13,18-20H,3,6,9,12,14H2,1-2H3. The molecule has 2 nitrogen and oxygen atoms in total. The molecular weight excluding hydrogens is 256 g/mol. The Hall–Kier alpha value is -1.38. The maximum absolute atomic E-state index is 3.55. The van der Waals surface area contributed by atoms with E-state index in [1.54, 1.807) is 0 Å². The first-order chi connectivity index (χ1) is 10.3. The van der Waals surface area contributed by atoms with E-state index in [2.05, 4.69) is 66.7 Å². The van der Waals surface area contributed by atoms with Crippen LogP contribution in [0.15, 0.2) is 42.5 Å². The van der Waals surface area contributed by atoms with Crippen LogP contribution in [0, 0.1) is 5.92 Å². The molecule has 1 heterocycles. The number of fused-ring (bicyclic) bond motifs is 1. The van der Waals surface area contributed by atoms with E-state index in [0.29, 0.717) is 12.0 Å². The van der Waals surface area contributed by atoms with Crippen molar-refractivity contribution < 1.29 is 0 Å². The highest BCUT2D eigenvalue weighted by Gasteiger charge is 2.30. The fourth-order valence-electron chi connectivity index (χ4n) is 3.72. The Morgan fingerprint density at radius 3 is 2.76 bits per heavy atom. The van der Waals surface area contributed by atoms with E-state index in [1.807, 2.05) is 0 Å². The molecule has 0 spiro atoms. The van der Waals surface area contributed by atoms with Gasteiger partial charge in [0.1, 0.15) is 0 Å². The summed E-state index contributed by atoms with van der Waals surface area (Å²) in [6.07, 6.45) is 2.64. The predicted molar refractivity (Wildman–Crippen MR) is 90.6 cm³/mol. The highest BCUT2D eigenvalue weighted by molar-refractivity contribution is 5.83. The Balaban J connectivity index is 1.92. The summed E-state index contributed by atoms with van der Waals surface area (Å²) in [6.45, 7) is 5.58. The number of nitrogens with zero attached hydrogens (tertiary/aromatic N) is 1. The molecule has 1 saturated heterocycles. The molecule has 0 aromatic heterocycles. The minimum atomic E-state index is 0.544. The maximum Gasteiger partial charge on any atom is 0.0385 e. The average Bonchev–Trinajstić information content (AvgIpc) is 2.52. The molecule has 0 aliphatic carbocycles. The van der Waals surface area contributed by atoms with Crippen LogP contribution in [-0.4, -0.2) is 31.6 Å². The van der Waals surface area contributed by atoms with Crippen molar-refractivity contribution in [3.63, 3.8) is 0 Å². The van der Waals surface area contributed by atoms with Gasteiger partial charge in [-0.3, -0.25) is 4.90 Å². The Labute approximate surface area is 128 Å². The third kappa shape index (κ3) is 3.12. The van der Waals surface area contributed by atoms with E-state index < -0.39 is 0 Å². The normalized spacial score (nSPS) is 23.5. The van der Waals surface area contributed by atoms with Gasteiger partial charge in [0.2, 0.25) is 0 Å². The first kappa shape index (κ1) is 14.6. The summed E-state index contributed by atoms with van der Waals surface area (Å²) >= 11 is 0. The van der Waals surface area contributed by atoms with Crippen LogP contribution in [-0.2, 0) is 0 Å². The highest BCUT2D eigenvalue weighted by atomic mass is 15.1. The molecule has 21 heavy (non-hydrogen) atoms. The molecule has 2 aromatic carbocycles. The van der Waals surface area contributed by atoms with Crippen LogP contribution in [0.2, 0.25) is 0 Å². The van der Waals surface area contributed by atoms with Crippen LogP contribution < -0.4 is 5.32 Å². The number of rotatable bonds is 4. The zero-order valence-corrected chi connectivity index (χ0v) is 13.2. The number of likely N-dealkylation sites (tertiary alicyclic amines) is 1. The number of nitrogens with one attached hydrogen (secondary N) is 1. The smallest absolute Gasteiger partial charge is 0.0385 e. The molecule has 1 aliphatic heterocycles. The molecule has 1 fully saturated rings. The number of hydrogen-bond donors (Lipinski definition) is 1. The summed E-state index contributed by atoms with van der Waals surface area (Å²) in [4.78, 5) is 2.54. The summed E-state index contributed by atoms with van der Waals surface area (Å²) in [5.41, 5.74) is 1.47. The van der Waals surface area contributed by atoms with Crippen LogP contribution >= 0.6 is 0 Å². The lowest BCUT2D eigenvalue weighted by Gasteiger charge is -2.40. The topological polar surface area (TPSA) is 15.3 Å². The molecule has 0 radical (unpaired) electrons. The maximum atomic E-state index is 3.55. The zero-order valence-electron chi connectivity index (χ0n) is 13.2. The van der Waals surface area contributed by atoms with Crippen LogP contribution in [0.25, 0.3) is 10.8 Å². The Kier molecular flexibility index (Phi) is 4.57. The molecule has 1 aliphatic rings. The van der Waals surface area contributed by atoms with Crippen molar-refractivity contribution in [1.29, 1.82) is 0 Å². The van der Waals surface area contributed by atoms with Gasteiger partial charge in [-0.25, -0.2) is 0 Å². The fourth-order valence-corrected chi connectivity index (χ4v) is 3.72. The molecule has 2 heteroatoms. The minimum Gasteiger partial charge on any atom is -0.317 e. The van der Waals surface area contributed by atoms with Crippen molar-refractivity contribution in [2.24, 2.45) is 5.92 Å². The van der Waals surface area contributed by atoms with Crippen molar-refractivity contribution in [2.75, 3.05) is 26.7 Å². The molecule has 2 atom stereocenters. The van der Waals surface area contributed by atoms with Gasteiger partial charge in [0.15, 0.2) is 0 Å². The second-order valence-corrected chi connectivity index (χ2v) is 6.24. The Bertz CT molecular complexity index is 593. The van der Waals surface area contributed by atoms with Crippen molar-refractivity contribution in [2.45, 2.75) is 25.8 Å². The minimum absolute atomic E-state index is 0.544. The number of benzene rings is 2. The molecule has 3 rings (SSSR count). The van der Waals surface area contributed by atoms with Crippen LogP contribution in [0.1, 0.15) is 31.4 Å². The molecule has 0 saturated carbocycles. The van der Waals surface area contributed by atoms with Crippen molar-refractivity contribution >= 4 is 10.8 Å². The van der Waals surface area contributed by atoms with Gasteiger partial charge < -0.3 is 5.32 Å². The van der Waals surface area contributed by atoms with Gasteiger partial charge in [0.05, 0.1) is 0 Å². The summed E-state index contributed by atoms with van der Waals surface area (Å²) in [6, 6.07) is 16.2. The van der Waals surface area contributed by atoms with Crippen molar-refractivity contribution in [3.8, 4) is 0 Å². The number of hydrogen-bond acceptors (Lipinski definition) is 2. The first-order valence-corrected chi connectivity index (χ1v) is 8.19. The predicted octanol–water partition coefficient (Wildman–Crippen LogP) is 3.83. The van der Waals surface area contributed by atoms with Crippen LogP contribution in [0.3, 0.4) is 0 Å². The van der Waals surface area contributed by atoms with Crippen molar-refractivity contribution in [1.82, 2.24) is 10.2 Å². The fraction of sp³-hybridized carbons (Fsp3) is 0.474. The summed E-state index contributed by atoms with van der Waals surface area (Å²) in [5.74, 6) is 0.713. The lowest BCUT2D eigenvalue weighted by Crippen LogP contribution is -2.40. The second kappa shape index (κ2) is 6.59. The van der Waals surface area contributed by atoms with Crippen LogP contribution in [0.5, 0.6) is 0 Å². The molecule has 0 amide bonds. The third-order valence-electron chi connectivity index (χ3n) is 4.78. The van der Waals surface area contributed by atoms with Crippen LogP contribution in [0.4, 0.5) is 0 Å².